The zero-order valence-corrected chi connectivity index (χ0v) is 12.0. The summed E-state index contributed by atoms with van der Waals surface area (Å²) in [4.78, 5) is 7.19. The van der Waals surface area contributed by atoms with Gasteiger partial charge >= 0.3 is 0 Å². The summed E-state index contributed by atoms with van der Waals surface area (Å²) < 4.78 is 0. The SMILES string of the molecule is C=C(c1ccccc1)c1csc([C@@H]2CCCN2C)n1. The lowest BCUT2D eigenvalue weighted by Gasteiger charge is -2.16. The van der Waals surface area contributed by atoms with E-state index < -0.39 is 0 Å². The van der Waals surface area contributed by atoms with Crippen molar-refractivity contribution in [2.75, 3.05) is 13.6 Å². The van der Waals surface area contributed by atoms with Gasteiger partial charge in [0.2, 0.25) is 0 Å². The van der Waals surface area contributed by atoms with Crippen molar-refractivity contribution in [3.8, 4) is 0 Å². The van der Waals surface area contributed by atoms with Crippen LogP contribution in [0.5, 0.6) is 0 Å². The van der Waals surface area contributed by atoms with Crippen molar-refractivity contribution in [1.29, 1.82) is 0 Å². The molecule has 1 aromatic heterocycles. The van der Waals surface area contributed by atoms with E-state index in [0.29, 0.717) is 6.04 Å². The molecule has 0 saturated carbocycles. The summed E-state index contributed by atoms with van der Waals surface area (Å²) in [5.41, 5.74) is 3.19. The Morgan fingerprint density at radius 3 is 2.84 bits per heavy atom. The Hall–Kier alpha value is -1.45. The van der Waals surface area contributed by atoms with E-state index in [1.54, 1.807) is 11.3 Å². The summed E-state index contributed by atoms with van der Waals surface area (Å²) in [5, 5.41) is 3.36. The number of likely N-dealkylation sites (tertiary alicyclic amines) is 1. The molecule has 0 N–H and O–H groups in total. The Labute approximate surface area is 118 Å². The molecule has 1 aromatic carbocycles. The quantitative estimate of drug-likeness (QED) is 0.839. The molecule has 1 aliphatic heterocycles. The molecular formula is C16H18N2S. The summed E-state index contributed by atoms with van der Waals surface area (Å²) in [5.74, 6) is 0. The number of thiazole rings is 1. The molecule has 1 aliphatic rings. The molecule has 3 rings (SSSR count). The van der Waals surface area contributed by atoms with Crippen molar-refractivity contribution < 1.29 is 0 Å². The fraction of sp³-hybridized carbons (Fsp3) is 0.312. The summed E-state index contributed by atoms with van der Waals surface area (Å²) >= 11 is 1.76. The van der Waals surface area contributed by atoms with Gasteiger partial charge in [-0.05, 0) is 32.0 Å². The lowest BCUT2D eigenvalue weighted by Crippen LogP contribution is -2.17. The maximum Gasteiger partial charge on any atom is 0.110 e. The van der Waals surface area contributed by atoms with E-state index in [-0.39, 0.29) is 0 Å². The van der Waals surface area contributed by atoms with E-state index in [0.717, 1.165) is 16.8 Å². The van der Waals surface area contributed by atoms with Crippen LogP contribution in [0.25, 0.3) is 5.57 Å². The van der Waals surface area contributed by atoms with Crippen LogP contribution < -0.4 is 0 Å². The molecule has 19 heavy (non-hydrogen) atoms. The predicted octanol–water partition coefficient (Wildman–Crippen LogP) is 3.97. The average molecular weight is 270 g/mol. The first-order valence-electron chi connectivity index (χ1n) is 6.66. The van der Waals surface area contributed by atoms with Gasteiger partial charge in [-0.3, -0.25) is 4.90 Å². The highest BCUT2D eigenvalue weighted by Gasteiger charge is 2.25. The van der Waals surface area contributed by atoms with Crippen molar-refractivity contribution in [1.82, 2.24) is 9.88 Å². The van der Waals surface area contributed by atoms with Crippen molar-refractivity contribution in [2.45, 2.75) is 18.9 Å². The third kappa shape index (κ3) is 2.48. The number of hydrogen-bond donors (Lipinski definition) is 0. The maximum absolute atomic E-state index is 4.80. The lowest BCUT2D eigenvalue weighted by atomic mass is 10.1. The van der Waals surface area contributed by atoms with E-state index in [2.05, 4.69) is 36.0 Å². The van der Waals surface area contributed by atoms with Crippen molar-refractivity contribution in [3.63, 3.8) is 0 Å². The van der Waals surface area contributed by atoms with Crippen LogP contribution in [0.4, 0.5) is 0 Å². The number of benzene rings is 1. The third-order valence-electron chi connectivity index (χ3n) is 3.76. The molecule has 0 radical (unpaired) electrons. The Bertz CT molecular complexity index is 573. The van der Waals surface area contributed by atoms with E-state index >= 15 is 0 Å². The topological polar surface area (TPSA) is 16.1 Å². The Balaban J connectivity index is 1.83. The van der Waals surface area contributed by atoms with Crippen LogP contribution in [0.3, 0.4) is 0 Å². The van der Waals surface area contributed by atoms with Crippen LogP contribution in [0.2, 0.25) is 0 Å². The minimum absolute atomic E-state index is 0.502. The minimum atomic E-state index is 0.502. The first-order valence-corrected chi connectivity index (χ1v) is 7.54. The molecule has 0 unspecified atom stereocenters. The Morgan fingerprint density at radius 2 is 2.16 bits per heavy atom. The monoisotopic (exact) mass is 270 g/mol. The summed E-state index contributed by atoms with van der Waals surface area (Å²) in [7, 11) is 2.19. The molecule has 1 saturated heterocycles. The van der Waals surface area contributed by atoms with Gasteiger partial charge < -0.3 is 0 Å². The minimum Gasteiger partial charge on any atom is -0.297 e. The van der Waals surface area contributed by atoms with Crippen molar-refractivity contribution in [2.24, 2.45) is 0 Å². The molecule has 2 heterocycles. The van der Waals surface area contributed by atoms with E-state index in [1.165, 1.54) is 24.4 Å². The van der Waals surface area contributed by atoms with Crippen LogP contribution in [-0.2, 0) is 0 Å². The first kappa shape index (κ1) is 12.6. The molecule has 2 nitrogen and oxygen atoms in total. The van der Waals surface area contributed by atoms with Crippen LogP contribution in [-0.4, -0.2) is 23.5 Å². The Kier molecular flexibility index (Phi) is 3.49. The molecule has 1 atom stereocenters. The number of aromatic nitrogens is 1. The van der Waals surface area contributed by atoms with Gasteiger partial charge in [0.25, 0.3) is 0 Å². The third-order valence-corrected chi connectivity index (χ3v) is 4.70. The standard InChI is InChI=1S/C16H18N2S/c1-12(13-7-4-3-5-8-13)14-11-19-16(17-14)15-9-6-10-18(15)2/h3-5,7-8,11,15H,1,6,9-10H2,2H3/t15-/m0/s1. The van der Waals surface area contributed by atoms with Crippen molar-refractivity contribution >= 4 is 16.9 Å². The van der Waals surface area contributed by atoms with Crippen LogP contribution in [0.1, 0.15) is 35.1 Å². The highest BCUT2D eigenvalue weighted by Crippen LogP contribution is 2.34. The normalized spacial score (nSPS) is 19.7. The molecule has 0 amide bonds. The van der Waals surface area contributed by atoms with Crippen LogP contribution >= 0.6 is 11.3 Å². The largest absolute Gasteiger partial charge is 0.297 e. The fourth-order valence-corrected chi connectivity index (χ4v) is 3.62. The summed E-state index contributed by atoms with van der Waals surface area (Å²) in [6.45, 7) is 5.36. The summed E-state index contributed by atoms with van der Waals surface area (Å²) in [6.07, 6.45) is 2.50. The second kappa shape index (κ2) is 5.27. The Morgan fingerprint density at radius 1 is 1.37 bits per heavy atom. The molecule has 0 bridgehead atoms. The molecule has 3 heteroatoms. The van der Waals surface area contributed by atoms with Crippen molar-refractivity contribution in [3.05, 3.63) is 58.6 Å². The van der Waals surface area contributed by atoms with Gasteiger partial charge in [0.1, 0.15) is 5.01 Å². The molecule has 98 valence electrons. The average Bonchev–Trinajstić information content (AvgIpc) is 3.07. The van der Waals surface area contributed by atoms with E-state index in [1.807, 2.05) is 18.2 Å². The zero-order chi connectivity index (χ0) is 13.2. The van der Waals surface area contributed by atoms with Gasteiger partial charge in [-0.25, -0.2) is 4.98 Å². The highest BCUT2D eigenvalue weighted by molar-refractivity contribution is 7.09. The van der Waals surface area contributed by atoms with Gasteiger partial charge in [-0.15, -0.1) is 11.3 Å². The van der Waals surface area contributed by atoms with E-state index in [9.17, 15) is 0 Å². The number of nitrogens with zero attached hydrogens (tertiary/aromatic N) is 2. The van der Waals surface area contributed by atoms with E-state index in [4.69, 9.17) is 4.98 Å². The number of hydrogen-bond acceptors (Lipinski definition) is 3. The summed E-state index contributed by atoms with van der Waals surface area (Å²) in [6, 6.07) is 10.8. The van der Waals surface area contributed by atoms with Gasteiger partial charge in [0, 0.05) is 11.0 Å². The maximum atomic E-state index is 4.80. The van der Waals surface area contributed by atoms with Crippen LogP contribution in [0.15, 0.2) is 42.3 Å². The van der Waals surface area contributed by atoms with Gasteiger partial charge in [0.05, 0.1) is 11.7 Å². The first-order chi connectivity index (χ1) is 9.25. The molecule has 0 aliphatic carbocycles. The van der Waals surface area contributed by atoms with Crippen LogP contribution in [0, 0.1) is 0 Å². The number of rotatable bonds is 3. The zero-order valence-electron chi connectivity index (χ0n) is 11.2. The predicted molar refractivity (Wildman–Crippen MR) is 81.3 cm³/mol. The molecule has 1 fully saturated rings. The second-order valence-corrected chi connectivity index (χ2v) is 5.94. The highest BCUT2D eigenvalue weighted by atomic mass is 32.1. The fourth-order valence-electron chi connectivity index (χ4n) is 2.59. The lowest BCUT2D eigenvalue weighted by molar-refractivity contribution is 0.316. The molecular weight excluding hydrogens is 252 g/mol. The van der Waals surface area contributed by atoms with Gasteiger partial charge in [0.15, 0.2) is 0 Å². The molecule has 0 spiro atoms. The second-order valence-electron chi connectivity index (χ2n) is 5.05. The smallest absolute Gasteiger partial charge is 0.110 e. The van der Waals surface area contributed by atoms with Gasteiger partial charge in [-0.2, -0.15) is 0 Å². The molecule has 2 aromatic rings. The van der Waals surface area contributed by atoms with Gasteiger partial charge in [-0.1, -0.05) is 36.9 Å².